The average molecular weight is 306 g/mol. The van der Waals surface area contributed by atoms with Gasteiger partial charge in [-0.1, -0.05) is 5.16 Å². The predicted molar refractivity (Wildman–Crippen MR) is 79.3 cm³/mol. The van der Waals surface area contributed by atoms with Crippen molar-refractivity contribution in [1.29, 1.82) is 0 Å². The number of likely N-dealkylation sites (tertiary alicyclic amines) is 1. The highest BCUT2D eigenvalue weighted by Gasteiger charge is 2.24. The number of carboxylic acids is 1. The fourth-order valence-corrected chi connectivity index (χ4v) is 3.11. The maximum absolute atomic E-state index is 13.2. The van der Waals surface area contributed by atoms with E-state index < -0.39 is 5.97 Å². The molecule has 1 N–H and O–H groups in total. The molecule has 22 heavy (non-hydrogen) atoms. The number of nitrogens with zero attached hydrogens (tertiary/aromatic N) is 2. The Morgan fingerprint density at radius 1 is 1.41 bits per heavy atom. The normalized spacial score (nSPS) is 17.1. The molecule has 6 heteroatoms. The van der Waals surface area contributed by atoms with Crippen LogP contribution < -0.4 is 0 Å². The quantitative estimate of drug-likeness (QED) is 0.919. The number of piperidine rings is 1. The van der Waals surface area contributed by atoms with E-state index in [1.165, 1.54) is 12.1 Å². The van der Waals surface area contributed by atoms with Gasteiger partial charge in [0.05, 0.1) is 5.69 Å². The van der Waals surface area contributed by atoms with Gasteiger partial charge in [-0.25, -0.2) is 4.39 Å². The van der Waals surface area contributed by atoms with E-state index >= 15 is 0 Å². The standard InChI is InChI=1S/C16H19FN2O3/c17-12-3-4-13-14(10-12)22-18-16(13)11-5-8-19(9-6-11)7-1-2-15(20)21/h3-4,10-11H,1-2,5-9H2,(H,20,21). The Labute approximate surface area is 127 Å². The topological polar surface area (TPSA) is 66.6 Å². The third kappa shape index (κ3) is 3.27. The zero-order chi connectivity index (χ0) is 15.5. The summed E-state index contributed by atoms with van der Waals surface area (Å²) in [7, 11) is 0. The van der Waals surface area contributed by atoms with Crippen molar-refractivity contribution in [1.82, 2.24) is 10.1 Å². The second-order valence-corrected chi connectivity index (χ2v) is 5.82. The summed E-state index contributed by atoms with van der Waals surface area (Å²) in [5, 5.41) is 13.7. The lowest BCUT2D eigenvalue weighted by atomic mass is 9.91. The maximum Gasteiger partial charge on any atom is 0.303 e. The van der Waals surface area contributed by atoms with Crippen LogP contribution >= 0.6 is 0 Å². The average Bonchev–Trinajstić information content (AvgIpc) is 2.90. The molecule has 0 amide bonds. The molecule has 1 aromatic carbocycles. The fourth-order valence-electron chi connectivity index (χ4n) is 3.11. The van der Waals surface area contributed by atoms with E-state index in [0.29, 0.717) is 17.9 Å². The molecular weight excluding hydrogens is 287 g/mol. The van der Waals surface area contributed by atoms with Gasteiger partial charge in [0.25, 0.3) is 0 Å². The van der Waals surface area contributed by atoms with Crippen LogP contribution in [-0.2, 0) is 4.79 Å². The van der Waals surface area contributed by atoms with Crippen molar-refractivity contribution in [2.75, 3.05) is 19.6 Å². The Morgan fingerprint density at radius 3 is 2.91 bits per heavy atom. The summed E-state index contributed by atoms with van der Waals surface area (Å²) in [6, 6.07) is 4.53. The number of benzene rings is 1. The van der Waals surface area contributed by atoms with E-state index in [-0.39, 0.29) is 12.2 Å². The Bertz CT molecular complexity index is 662. The molecule has 1 fully saturated rings. The number of hydrogen-bond acceptors (Lipinski definition) is 4. The van der Waals surface area contributed by atoms with Gasteiger partial charge in [0.1, 0.15) is 5.82 Å². The Kier molecular flexibility index (Phi) is 4.38. The van der Waals surface area contributed by atoms with Gasteiger partial charge in [-0.15, -0.1) is 0 Å². The smallest absolute Gasteiger partial charge is 0.303 e. The van der Waals surface area contributed by atoms with Crippen LogP contribution in [0.15, 0.2) is 22.7 Å². The molecule has 0 bridgehead atoms. The number of carbonyl (C=O) groups is 1. The molecule has 0 saturated carbocycles. The van der Waals surface area contributed by atoms with Crippen LogP contribution in [-0.4, -0.2) is 40.8 Å². The van der Waals surface area contributed by atoms with Crippen molar-refractivity contribution in [2.24, 2.45) is 0 Å². The molecule has 2 heterocycles. The van der Waals surface area contributed by atoms with Crippen molar-refractivity contribution in [3.63, 3.8) is 0 Å². The molecule has 1 aromatic heterocycles. The largest absolute Gasteiger partial charge is 0.481 e. The molecule has 0 aliphatic carbocycles. The second kappa shape index (κ2) is 6.44. The van der Waals surface area contributed by atoms with Crippen LogP contribution in [0.2, 0.25) is 0 Å². The van der Waals surface area contributed by atoms with Gasteiger partial charge in [-0.2, -0.15) is 0 Å². The SMILES string of the molecule is O=C(O)CCCN1CCC(c2noc3cc(F)ccc23)CC1. The van der Waals surface area contributed by atoms with Gasteiger partial charge in [-0.3, -0.25) is 4.79 Å². The molecule has 1 saturated heterocycles. The Morgan fingerprint density at radius 2 is 2.18 bits per heavy atom. The highest BCUT2D eigenvalue weighted by Crippen LogP contribution is 2.32. The molecular formula is C16H19FN2O3. The lowest BCUT2D eigenvalue weighted by Gasteiger charge is -2.30. The minimum absolute atomic E-state index is 0.222. The fraction of sp³-hybridized carbons (Fsp3) is 0.500. The van der Waals surface area contributed by atoms with E-state index in [2.05, 4.69) is 10.1 Å². The molecule has 0 unspecified atom stereocenters. The summed E-state index contributed by atoms with van der Waals surface area (Å²) >= 11 is 0. The predicted octanol–water partition coefficient (Wildman–Crippen LogP) is 3.01. The second-order valence-electron chi connectivity index (χ2n) is 5.82. The summed E-state index contributed by atoms with van der Waals surface area (Å²) in [6.07, 6.45) is 2.84. The van der Waals surface area contributed by atoms with Gasteiger partial charge < -0.3 is 14.5 Å². The minimum Gasteiger partial charge on any atom is -0.481 e. The summed E-state index contributed by atoms with van der Waals surface area (Å²) < 4.78 is 18.4. The molecule has 0 atom stereocenters. The summed E-state index contributed by atoms with van der Waals surface area (Å²) in [6.45, 7) is 2.68. The van der Waals surface area contributed by atoms with Crippen molar-refractivity contribution in [3.8, 4) is 0 Å². The Balaban J connectivity index is 1.59. The first-order chi connectivity index (χ1) is 10.6. The Hall–Kier alpha value is -1.95. The number of rotatable bonds is 5. The van der Waals surface area contributed by atoms with E-state index in [1.54, 1.807) is 6.07 Å². The van der Waals surface area contributed by atoms with Crippen molar-refractivity contribution >= 4 is 16.9 Å². The number of aliphatic carboxylic acids is 1. The van der Waals surface area contributed by atoms with Crippen molar-refractivity contribution in [3.05, 3.63) is 29.7 Å². The molecule has 5 nitrogen and oxygen atoms in total. The third-order valence-electron chi connectivity index (χ3n) is 4.30. The highest BCUT2D eigenvalue weighted by atomic mass is 19.1. The maximum atomic E-state index is 13.2. The number of fused-ring (bicyclic) bond motifs is 1. The molecule has 3 rings (SSSR count). The van der Waals surface area contributed by atoms with E-state index in [4.69, 9.17) is 9.63 Å². The van der Waals surface area contributed by atoms with Gasteiger partial charge in [0, 0.05) is 23.8 Å². The zero-order valence-corrected chi connectivity index (χ0v) is 12.3. The van der Waals surface area contributed by atoms with Crippen molar-refractivity contribution < 1.29 is 18.8 Å². The number of carboxylic acid groups (broad SMARTS) is 1. The number of halogens is 1. The first-order valence-electron chi connectivity index (χ1n) is 7.62. The summed E-state index contributed by atoms with van der Waals surface area (Å²) in [5.41, 5.74) is 1.42. The van der Waals surface area contributed by atoms with Crippen LogP contribution in [0.25, 0.3) is 11.0 Å². The van der Waals surface area contributed by atoms with Crippen molar-refractivity contribution in [2.45, 2.75) is 31.6 Å². The number of hydrogen-bond donors (Lipinski definition) is 1. The summed E-state index contributed by atoms with van der Waals surface area (Å²) in [4.78, 5) is 12.8. The highest BCUT2D eigenvalue weighted by molar-refractivity contribution is 5.79. The monoisotopic (exact) mass is 306 g/mol. The van der Waals surface area contributed by atoms with Gasteiger partial charge in [-0.05, 0) is 51.0 Å². The van der Waals surface area contributed by atoms with Gasteiger partial charge >= 0.3 is 5.97 Å². The first kappa shape index (κ1) is 15.0. The van der Waals surface area contributed by atoms with Crippen LogP contribution in [0.1, 0.15) is 37.3 Å². The van der Waals surface area contributed by atoms with E-state index in [0.717, 1.165) is 43.6 Å². The third-order valence-corrected chi connectivity index (χ3v) is 4.30. The van der Waals surface area contributed by atoms with Crippen LogP contribution in [0.5, 0.6) is 0 Å². The van der Waals surface area contributed by atoms with Gasteiger partial charge in [0.15, 0.2) is 5.58 Å². The van der Waals surface area contributed by atoms with E-state index in [1.807, 2.05) is 0 Å². The molecule has 0 radical (unpaired) electrons. The van der Waals surface area contributed by atoms with E-state index in [9.17, 15) is 9.18 Å². The number of aromatic nitrogens is 1. The van der Waals surface area contributed by atoms with Crippen LogP contribution in [0, 0.1) is 5.82 Å². The van der Waals surface area contributed by atoms with Crippen LogP contribution in [0.4, 0.5) is 4.39 Å². The lowest BCUT2D eigenvalue weighted by molar-refractivity contribution is -0.137. The molecule has 0 spiro atoms. The minimum atomic E-state index is -0.740. The molecule has 1 aliphatic rings. The van der Waals surface area contributed by atoms with Gasteiger partial charge in [0.2, 0.25) is 0 Å². The zero-order valence-electron chi connectivity index (χ0n) is 12.3. The summed E-state index contributed by atoms with van der Waals surface area (Å²) in [5.74, 6) is -0.734. The molecule has 118 valence electrons. The van der Waals surface area contributed by atoms with Crippen LogP contribution in [0.3, 0.4) is 0 Å². The molecule has 2 aromatic rings. The molecule has 1 aliphatic heterocycles. The lowest BCUT2D eigenvalue weighted by Crippen LogP contribution is -2.34. The first-order valence-corrected chi connectivity index (χ1v) is 7.62.